The van der Waals surface area contributed by atoms with Gasteiger partial charge in [-0.3, -0.25) is 0 Å². The third-order valence-electron chi connectivity index (χ3n) is 2.99. The van der Waals surface area contributed by atoms with Crippen LogP contribution in [0.4, 0.5) is 0 Å². The molecule has 0 aromatic heterocycles. The van der Waals surface area contributed by atoms with Gasteiger partial charge in [-0.05, 0) is 36.1 Å². The van der Waals surface area contributed by atoms with Crippen molar-refractivity contribution in [2.45, 2.75) is 33.3 Å². The molecule has 0 amide bonds. The molecule has 2 rings (SSSR count). The number of benzene rings is 1. The molecule has 1 heterocycles. The smallest absolute Gasteiger partial charge is 0.0720 e. The Morgan fingerprint density at radius 2 is 2.08 bits per heavy atom. The Morgan fingerprint density at radius 1 is 1.31 bits per heavy atom. The van der Waals surface area contributed by atoms with Crippen LogP contribution < -0.4 is 0 Å². The number of rotatable bonds is 0. The normalized spacial score (nSPS) is 21.3. The van der Waals surface area contributed by atoms with Gasteiger partial charge in [-0.2, -0.15) is 0 Å². The standard InChI is InChI=1S/C12H16O/c1-8-4-5-11-7-13-6-9(2)12(11)10(8)3/h4-5,9H,6-7H2,1-3H3. The molecule has 0 fully saturated rings. The molecule has 1 aromatic carbocycles. The lowest BCUT2D eigenvalue weighted by atomic mass is 9.88. The summed E-state index contributed by atoms with van der Waals surface area (Å²) in [6.07, 6.45) is 0. The molecule has 0 aliphatic carbocycles. The van der Waals surface area contributed by atoms with E-state index in [2.05, 4.69) is 32.9 Å². The zero-order valence-electron chi connectivity index (χ0n) is 8.55. The molecule has 70 valence electrons. The van der Waals surface area contributed by atoms with Gasteiger partial charge in [-0.1, -0.05) is 19.1 Å². The summed E-state index contributed by atoms with van der Waals surface area (Å²) in [7, 11) is 0. The highest BCUT2D eigenvalue weighted by atomic mass is 16.5. The van der Waals surface area contributed by atoms with Gasteiger partial charge < -0.3 is 4.74 Å². The van der Waals surface area contributed by atoms with E-state index in [0.29, 0.717) is 5.92 Å². The van der Waals surface area contributed by atoms with Gasteiger partial charge in [0.1, 0.15) is 0 Å². The van der Waals surface area contributed by atoms with Crippen molar-refractivity contribution in [2.24, 2.45) is 0 Å². The van der Waals surface area contributed by atoms with Crippen molar-refractivity contribution in [2.75, 3.05) is 6.61 Å². The topological polar surface area (TPSA) is 9.23 Å². The zero-order valence-corrected chi connectivity index (χ0v) is 8.55. The van der Waals surface area contributed by atoms with E-state index in [-0.39, 0.29) is 0 Å². The molecule has 0 bridgehead atoms. The summed E-state index contributed by atoms with van der Waals surface area (Å²) < 4.78 is 5.50. The lowest BCUT2D eigenvalue weighted by Gasteiger charge is -2.25. The van der Waals surface area contributed by atoms with Crippen LogP contribution in [0.25, 0.3) is 0 Å². The second kappa shape index (κ2) is 3.15. The van der Waals surface area contributed by atoms with Gasteiger partial charge >= 0.3 is 0 Å². The monoisotopic (exact) mass is 176 g/mol. The molecular weight excluding hydrogens is 160 g/mol. The number of ether oxygens (including phenoxy) is 1. The molecule has 0 saturated heterocycles. The van der Waals surface area contributed by atoms with E-state index in [9.17, 15) is 0 Å². The van der Waals surface area contributed by atoms with Crippen LogP contribution in [0.1, 0.15) is 35.1 Å². The van der Waals surface area contributed by atoms with Crippen molar-refractivity contribution < 1.29 is 4.74 Å². The summed E-state index contributed by atoms with van der Waals surface area (Å²) in [4.78, 5) is 0. The molecule has 1 nitrogen and oxygen atoms in total. The first kappa shape index (κ1) is 8.76. The van der Waals surface area contributed by atoms with Gasteiger partial charge in [-0.15, -0.1) is 0 Å². The van der Waals surface area contributed by atoms with Gasteiger partial charge in [0, 0.05) is 5.92 Å². The molecule has 13 heavy (non-hydrogen) atoms. The minimum Gasteiger partial charge on any atom is -0.376 e. The fourth-order valence-electron chi connectivity index (χ4n) is 2.13. The summed E-state index contributed by atoms with van der Waals surface area (Å²) in [6, 6.07) is 4.39. The molecule has 0 saturated carbocycles. The molecule has 1 heteroatoms. The van der Waals surface area contributed by atoms with E-state index < -0.39 is 0 Å². The largest absolute Gasteiger partial charge is 0.376 e. The Bertz CT molecular complexity index is 328. The fourth-order valence-corrected chi connectivity index (χ4v) is 2.13. The number of hydrogen-bond acceptors (Lipinski definition) is 1. The highest BCUT2D eigenvalue weighted by Gasteiger charge is 2.19. The van der Waals surface area contributed by atoms with E-state index >= 15 is 0 Å². The lowest BCUT2D eigenvalue weighted by Crippen LogP contribution is -2.16. The maximum Gasteiger partial charge on any atom is 0.0720 e. The van der Waals surface area contributed by atoms with Crippen LogP contribution in [-0.4, -0.2) is 6.61 Å². The van der Waals surface area contributed by atoms with Crippen LogP contribution in [0.15, 0.2) is 12.1 Å². The Labute approximate surface area is 79.7 Å². The average molecular weight is 176 g/mol. The van der Waals surface area contributed by atoms with E-state index in [1.54, 1.807) is 0 Å². The zero-order chi connectivity index (χ0) is 9.42. The van der Waals surface area contributed by atoms with Crippen LogP contribution in [0.3, 0.4) is 0 Å². The molecular formula is C12H16O. The highest BCUT2D eigenvalue weighted by molar-refractivity contribution is 5.42. The second-order valence-electron chi connectivity index (χ2n) is 4.00. The molecule has 1 aromatic rings. The molecule has 1 aliphatic rings. The third-order valence-corrected chi connectivity index (χ3v) is 2.99. The van der Waals surface area contributed by atoms with E-state index in [1.165, 1.54) is 22.3 Å². The van der Waals surface area contributed by atoms with Gasteiger partial charge in [-0.25, -0.2) is 0 Å². The third kappa shape index (κ3) is 1.37. The minimum atomic E-state index is 0.559. The minimum absolute atomic E-state index is 0.559. The van der Waals surface area contributed by atoms with Crippen molar-refractivity contribution in [3.8, 4) is 0 Å². The van der Waals surface area contributed by atoms with Gasteiger partial charge in [0.15, 0.2) is 0 Å². The van der Waals surface area contributed by atoms with Crippen LogP contribution in [-0.2, 0) is 11.3 Å². The first-order valence-electron chi connectivity index (χ1n) is 4.87. The Balaban J connectivity index is 2.58. The van der Waals surface area contributed by atoms with Crippen molar-refractivity contribution in [1.82, 2.24) is 0 Å². The van der Waals surface area contributed by atoms with E-state index in [4.69, 9.17) is 4.74 Å². The average Bonchev–Trinajstić information content (AvgIpc) is 2.12. The quantitative estimate of drug-likeness (QED) is 0.590. The Kier molecular flexibility index (Phi) is 2.12. The van der Waals surface area contributed by atoms with Gasteiger partial charge in [0.05, 0.1) is 13.2 Å². The summed E-state index contributed by atoms with van der Waals surface area (Å²) in [6.45, 7) is 8.30. The van der Waals surface area contributed by atoms with E-state index in [0.717, 1.165) is 13.2 Å². The van der Waals surface area contributed by atoms with Crippen molar-refractivity contribution in [3.05, 3.63) is 34.4 Å². The predicted octanol–water partition coefficient (Wildman–Crippen LogP) is 2.94. The fraction of sp³-hybridized carbons (Fsp3) is 0.500. The first-order chi connectivity index (χ1) is 6.20. The van der Waals surface area contributed by atoms with Crippen LogP contribution >= 0.6 is 0 Å². The number of aryl methyl sites for hydroxylation is 1. The molecule has 0 N–H and O–H groups in total. The summed E-state index contributed by atoms with van der Waals surface area (Å²) in [5.74, 6) is 0.559. The summed E-state index contributed by atoms with van der Waals surface area (Å²) in [5, 5.41) is 0. The maximum atomic E-state index is 5.50. The summed E-state index contributed by atoms with van der Waals surface area (Å²) in [5.41, 5.74) is 5.74. The Morgan fingerprint density at radius 3 is 2.85 bits per heavy atom. The maximum absolute atomic E-state index is 5.50. The van der Waals surface area contributed by atoms with Crippen LogP contribution in [0, 0.1) is 13.8 Å². The number of hydrogen-bond donors (Lipinski definition) is 0. The summed E-state index contributed by atoms with van der Waals surface area (Å²) >= 11 is 0. The van der Waals surface area contributed by atoms with Crippen molar-refractivity contribution in [1.29, 1.82) is 0 Å². The Hall–Kier alpha value is -0.820. The first-order valence-corrected chi connectivity index (χ1v) is 4.87. The molecule has 0 radical (unpaired) electrons. The van der Waals surface area contributed by atoms with E-state index in [1.807, 2.05) is 0 Å². The number of fused-ring (bicyclic) bond motifs is 1. The van der Waals surface area contributed by atoms with Crippen molar-refractivity contribution >= 4 is 0 Å². The lowest BCUT2D eigenvalue weighted by molar-refractivity contribution is 0.0948. The highest BCUT2D eigenvalue weighted by Crippen LogP contribution is 2.30. The van der Waals surface area contributed by atoms with Crippen LogP contribution in [0.2, 0.25) is 0 Å². The van der Waals surface area contributed by atoms with Gasteiger partial charge in [0.2, 0.25) is 0 Å². The predicted molar refractivity (Wildman–Crippen MR) is 54.0 cm³/mol. The molecule has 1 unspecified atom stereocenters. The second-order valence-corrected chi connectivity index (χ2v) is 4.00. The van der Waals surface area contributed by atoms with Crippen LogP contribution in [0.5, 0.6) is 0 Å². The molecule has 0 spiro atoms. The van der Waals surface area contributed by atoms with Crippen molar-refractivity contribution in [3.63, 3.8) is 0 Å². The SMILES string of the molecule is Cc1ccc2c(c1C)C(C)COC2. The van der Waals surface area contributed by atoms with Gasteiger partial charge in [0.25, 0.3) is 0 Å². The molecule has 1 atom stereocenters. The molecule has 1 aliphatic heterocycles.